The van der Waals surface area contributed by atoms with E-state index in [0.717, 1.165) is 25.7 Å². The van der Waals surface area contributed by atoms with Crippen LogP contribution in [0.5, 0.6) is 0 Å². The van der Waals surface area contributed by atoms with Gasteiger partial charge in [0.25, 0.3) is 0 Å². The summed E-state index contributed by atoms with van der Waals surface area (Å²) in [6.07, 6.45) is 35.1. The van der Waals surface area contributed by atoms with Crippen LogP contribution in [-0.2, 0) is 0 Å². The Bertz CT molecular complexity index is 344. The van der Waals surface area contributed by atoms with Gasteiger partial charge in [-0.2, -0.15) is 0 Å². The van der Waals surface area contributed by atoms with Crippen LogP contribution in [0.2, 0.25) is 0 Å². The molecule has 0 fully saturated rings. The lowest BCUT2D eigenvalue weighted by Gasteiger charge is -2.10. The van der Waals surface area contributed by atoms with E-state index in [2.05, 4.69) is 13.8 Å². The van der Waals surface area contributed by atoms with Crippen molar-refractivity contribution in [2.45, 2.75) is 199 Å². The number of hydrogen-bond acceptors (Lipinski definition) is 2. The highest BCUT2D eigenvalue weighted by Crippen LogP contribution is 2.16. The van der Waals surface area contributed by atoms with Crippen LogP contribution in [0.4, 0.5) is 0 Å². The minimum absolute atomic E-state index is 0.0440. The Labute approximate surface area is 209 Å². The van der Waals surface area contributed by atoms with Gasteiger partial charge >= 0.3 is 0 Å². The Kier molecular flexibility index (Phi) is 28.1. The summed E-state index contributed by atoms with van der Waals surface area (Å²) >= 11 is 0. The molecule has 200 valence electrons. The molecule has 0 aromatic carbocycles. The zero-order valence-electron chi connectivity index (χ0n) is 23.1. The van der Waals surface area contributed by atoms with Crippen LogP contribution in [0.1, 0.15) is 187 Å². The van der Waals surface area contributed by atoms with Crippen LogP contribution in [0.15, 0.2) is 0 Å². The van der Waals surface area contributed by atoms with Crippen molar-refractivity contribution in [3.05, 3.63) is 0 Å². The first-order valence-electron chi connectivity index (χ1n) is 15.6. The van der Waals surface area contributed by atoms with Gasteiger partial charge in [-0.3, -0.25) is 0 Å². The molecule has 33 heavy (non-hydrogen) atoms. The van der Waals surface area contributed by atoms with Gasteiger partial charge in [-0.25, -0.2) is 0 Å². The van der Waals surface area contributed by atoms with Crippen molar-refractivity contribution < 1.29 is 10.2 Å². The van der Waals surface area contributed by atoms with Gasteiger partial charge in [0.1, 0.15) is 0 Å². The minimum atomic E-state index is -0.0639. The number of rotatable bonds is 28. The third kappa shape index (κ3) is 28.0. The highest BCUT2D eigenvalue weighted by Gasteiger charge is 2.04. The number of unbranched alkanes of at least 4 members (excludes halogenated alkanes) is 21. The summed E-state index contributed by atoms with van der Waals surface area (Å²) in [4.78, 5) is 0. The van der Waals surface area contributed by atoms with Crippen molar-refractivity contribution in [2.75, 3.05) is 0 Å². The Morgan fingerprint density at radius 3 is 0.848 bits per heavy atom. The smallest absolute Gasteiger partial charge is 0.0540 e. The van der Waals surface area contributed by atoms with Gasteiger partial charge in [-0.05, 0) is 25.7 Å². The van der Waals surface area contributed by atoms with Crippen molar-refractivity contribution in [2.24, 2.45) is 0 Å². The molecule has 0 bridgehead atoms. The summed E-state index contributed by atoms with van der Waals surface area (Å²) < 4.78 is 0. The number of hydrogen-bond donors (Lipinski definition) is 2. The monoisotopic (exact) mass is 468 g/mol. The van der Waals surface area contributed by atoms with Gasteiger partial charge in [-0.1, -0.05) is 162 Å². The molecule has 2 atom stereocenters. The molecule has 2 unspecified atom stereocenters. The molecule has 0 radical (unpaired) electrons. The average Bonchev–Trinajstić information content (AvgIpc) is 2.82. The van der Waals surface area contributed by atoms with E-state index in [0.29, 0.717) is 0 Å². The lowest BCUT2D eigenvalue weighted by molar-refractivity contribution is 0.147. The first-order valence-corrected chi connectivity index (χ1v) is 15.6. The SMILES string of the molecule is CCCCCCCCCCCC(O)CCCCCCCCCCCCCCCCC(O)CC. The maximum absolute atomic E-state index is 10.2. The molecule has 2 nitrogen and oxygen atoms in total. The van der Waals surface area contributed by atoms with Gasteiger partial charge < -0.3 is 10.2 Å². The lowest BCUT2D eigenvalue weighted by Crippen LogP contribution is -2.05. The highest BCUT2D eigenvalue weighted by atomic mass is 16.3. The Morgan fingerprint density at radius 1 is 0.333 bits per heavy atom. The standard InChI is InChI=1S/C31H64O2/c1-3-5-6-7-8-15-19-22-25-28-31(33)29-26-23-20-17-14-12-10-9-11-13-16-18-21-24-27-30(32)4-2/h30-33H,3-29H2,1-2H3. The van der Waals surface area contributed by atoms with Gasteiger partial charge in [0.15, 0.2) is 0 Å². The zero-order chi connectivity index (χ0) is 24.2. The molecule has 0 aliphatic carbocycles. The van der Waals surface area contributed by atoms with Crippen molar-refractivity contribution in [1.82, 2.24) is 0 Å². The Balaban J connectivity index is 3.14. The van der Waals surface area contributed by atoms with E-state index in [1.807, 2.05) is 0 Å². The summed E-state index contributed by atoms with van der Waals surface area (Å²) in [6, 6.07) is 0. The predicted molar refractivity (Wildman–Crippen MR) is 148 cm³/mol. The van der Waals surface area contributed by atoms with Crippen molar-refractivity contribution in [3.8, 4) is 0 Å². The van der Waals surface area contributed by atoms with Crippen LogP contribution in [0, 0.1) is 0 Å². The van der Waals surface area contributed by atoms with Gasteiger partial charge in [0.05, 0.1) is 12.2 Å². The molecule has 0 amide bonds. The fourth-order valence-corrected chi connectivity index (χ4v) is 4.92. The second-order valence-electron chi connectivity index (χ2n) is 10.9. The minimum Gasteiger partial charge on any atom is -0.393 e. The largest absolute Gasteiger partial charge is 0.393 e. The summed E-state index contributed by atoms with van der Waals surface area (Å²) in [5.41, 5.74) is 0. The average molecular weight is 469 g/mol. The molecule has 0 heterocycles. The van der Waals surface area contributed by atoms with E-state index in [1.54, 1.807) is 0 Å². The maximum Gasteiger partial charge on any atom is 0.0540 e. The van der Waals surface area contributed by atoms with E-state index in [-0.39, 0.29) is 12.2 Å². The molecule has 0 rings (SSSR count). The summed E-state index contributed by atoms with van der Waals surface area (Å²) in [6.45, 7) is 4.35. The molecule has 0 aromatic heterocycles. The highest BCUT2D eigenvalue weighted by molar-refractivity contribution is 4.58. The summed E-state index contributed by atoms with van der Waals surface area (Å²) in [5.74, 6) is 0. The number of aliphatic hydroxyl groups is 2. The van der Waals surface area contributed by atoms with E-state index in [4.69, 9.17) is 0 Å². The lowest BCUT2D eigenvalue weighted by atomic mass is 10.0. The Morgan fingerprint density at radius 2 is 0.576 bits per heavy atom. The first kappa shape index (κ1) is 32.9. The van der Waals surface area contributed by atoms with Crippen molar-refractivity contribution >= 4 is 0 Å². The fourth-order valence-electron chi connectivity index (χ4n) is 4.92. The van der Waals surface area contributed by atoms with Crippen LogP contribution in [0.25, 0.3) is 0 Å². The van der Waals surface area contributed by atoms with E-state index < -0.39 is 0 Å². The molecule has 0 aliphatic heterocycles. The van der Waals surface area contributed by atoms with Crippen LogP contribution < -0.4 is 0 Å². The van der Waals surface area contributed by atoms with Crippen molar-refractivity contribution in [1.29, 1.82) is 0 Å². The molecule has 0 saturated heterocycles. The molecule has 2 N–H and O–H groups in total. The summed E-state index contributed by atoms with van der Waals surface area (Å²) in [7, 11) is 0. The van der Waals surface area contributed by atoms with Crippen LogP contribution >= 0.6 is 0 Å². The molecular formula is C31H64O2. The quantitative estimate of drug-likeness (QED) is 0.112. The van der Waals surface area contributed by atoms with E-state index in [1.165, 1.54) is 148 Å². The third-order valence-corrected chi connectivity index (χ3v) is 7.44. The molecule has 0 saturated carbocycles. The van der Waals surface area contributed by atoms with Crippen LogP contribution in [0.3, 0.4) is 0 Å². The second kappa shape index (κ2) is 28.2. The zero-order valence-corrected chi connectivity index (χ0v) is 23.1. The summed E-state index contributed by atoms with van der Waals surface area (Å²) in [5, 5.41) is 19.7. The molecule has 2 heteroatoms. The molecular weight excluding hydrogens is 404 g/mol. The molecule has 0 aromatic rings. The molecule has 0 aliphatic rings. The predicted octanol–water partition coefficient (Wildman–Crippen LogP) is 10.3. The van der Waals surface area contributed by atoms with Gasteiger partial charge in [-0.15, -0.1) is 0 Å². The normalized spacial score (nSPS) is 13.5. The van der Waals surface area contributed by atoms with Crippen LogP contribution in [-0.4, -0.2) is 22.4 Å². The van der Waals surface area contributed by atoms with Gasteiger partial charge in [0, 0.05) is 0 Å². The van der Waals surface area contributed by atoms with E-state index >= 15 is 0 Å². The molecule has 0 spiro atoms. The fraction of sp³-hybridized carbons (Fsp3) is 1.00. The topological polar surface area (TPSA) is 40.5 Å². The second-order valence-corrected chi connectivity index (χ2v) is 10.9. The first-order chi connectivity index (χ1) is 16.2. The van der Waals surface area contributed by atoms with Gasteiger partial charge in [0.2, 0.25) is 0 Å². The number of aliphatic hydroxyl groups excluding tert-OH is 2. The third-order valence-electron chi connectivity index (χ3n) is 7.44. The Hall–Kier alpha value is -0.0800. The van der Waals surface area contributed by atoms with E-state index in [9.17, 15) is 10.2 Å². The maximum atomic E-state index is 10.2. The van der Waals surface area contributed by atoms with Crippen molar-refractivity contribution in [3.63, 3.8) is 0 Å².